The maximum atomic E-state index is 12.0. The lowest BCUT2D eigenvalue weighted by Gasteiger charge is -2.18. The summed E-state index contributed by atoms with van der Waals surface area (Å²) in [6, 6.07) is 10.8. The van der Waals surface area contributed by atoms with Crippen LogP contribution in [-0.4, -0.2) is 17.2 Å². The summed E-state index contributed by atoms with van der Waals surface area (Å²) < 4.78 is 0.701. The average molecular weight is 323 g/mol. The van der Waals surface area contributed by atoms with Crippen molar-refractivity contribution in [3.63, 3.8) is 0 Å². The molecule has 1 aromatic heterocycles. The van der Waals surface area contributed by atoms with E-state index in [2.05, 4.69) is 10.6 Å². The Morgan fingerprint density at radius 1 is 1.33 bits per heavy atom. The summed E-state index contributed by atoms with van der Waals surface area (Å²) in [4.78, 5) is 13.0. The van der Waals surface area contributed by atoms with Crippen LogP contribution in [0.15, 0.2) is 36.4 Å². The SMILES string of the molecule is O=C(NCc1ccc(Cl)s1)N[C@H]1c2ccccc2C[C@H]1O. The zero-order chi connectivity index (χ0) is 14.8. The summed E-state index contributed by atoms with van der Waals surface area (Å²) in [5.74, 6) is 0. The molecule has 110 valence electrons. The van der Waals surface area contributed by atoms with Crippen molar-refractivity contribution in [2.24, 2.45) is 0 Å². The topological polar surface area (TPSA) is 61.4 Å². The quantitative estimate of drug-likeness (QED) is 0.813. The molecule has 2 aromatic rings. The van der Waals surface area contributed by atoms with E-state index in [0.29, 0.717) is 17.3 Å². The van der Waals surface area contributed by atoms with Crippen LogP contribution in [0, 0.1) is 0 Å². The highest BCUT2D eigenvalue weighted by atomic mass is 35.5. The molecule has 4 nitrogen and oxygen atoms in total. The van der Waals surface area contributed by atoms with Crippen LogP contribution >= 0.6 is 22.9 Å². The Morgan fingerprint density at radius 3 is 2.90 bits per heavy atom. The Kier molecular flexibility index (Phi) is 4.14. The molecule has 0 saturated carbocycles. The Hall–Kier alpha value is -1.56. The molecule has 0 fully saturated rings. The van der Waals surface area contributed by atoms with E-state index in [1.54, 1.807) is 6.07 Å². The second-order valence-corrected chi connectivity index (χ2v) is 6.78. The minimum Gasteiger partial charge on any atom is -0.390 e. The summed E-state index contributed by atoms with van der Waals surface area (Å²) in [5.41, 5.74) is 2.07. The molecule has 3 rings (SSSR count). The van der Waals surface area contributed by atoms with E-state index in [1.807, 2.05) is 30.3 Å². The number of carbonyl (C=O) groups is 1. The van der Waals surface area contributed by atoms with Crippen molar-refractivity contribution in [1.82, 2.24) is 10.6 Å². The van der Waals surface area contributed by atoms with Gasteiger partial charge >= 0.3 is 6.03 Å². The van der Waals surface area contributed by atoms with Gasteiger partial charge in [0.15, 0.2) is 0 Å². The van der Waals surface area contributed by atoms with Crippen LogP contribution in [0.25, 0.3) is 0 Å². The number of halogens is 1. The number of fused-ring (bicyclic) bond motifs is 1. The van der Waals surface area contributed by atoms with Gasteiger partial charge < -0.3 is 15.7 Å². The van der Waals surface area contributed by atoms with Crippen molar-refractivity contribution in [1.29, 1.82) is 0 Å². The molecule has 21 heavy (non-hydrogen) atoms. The number of rotatable bonds is 3. The molecule has 2 atom stereocenters. The second kappa shape index (κ2) is 6.05. The van der Waals surface area contributed by atoms with E-state index < -0.39 is 6.10 Å². The van der Waals surface area contributed by atoms with Crippen LogP contribution in [0.4, 0.5) is 4.79 Å². The van der Waals surface area contributed by atoms with Crippen molar-refractivity contribution in [3.8, 4) is 0 Å². The van der Waals surface area contributed by atoms with Gasteiger partial charge in [0.05, 0.1) is 23.0 Å². The number of thiophene rings is 1. The number of hydrogen-bond donors (Lipinski definition) is 3. The molecule has 0 unspecified atom stereocenters. The fraction of sp³-hybridized carbons (Fsp3) is 0.267. The van der Waals surface area contributed by atoms with Crippen LogP contribution in [0.2, 0.25) is 4.34 Å². The molecule has 0 radical (unpaired) electrons. The first kappa shape index (κ1) is 14.4. The fourth-order valence-corrected chi connectivity index (χ4v) is 3.58. The number of aliphatic hydroxyl groups is 1. The summed E-state index contributed by atoms with van der Waals surface area (Å²) >= 11 is 7.28. The summed E-state index contributed by atoms with van der Waals surface area (Å²) in [5, 5.41) is 15.7. The van der Waals surface area contributed by atoms with E-state index in [-0.39, 0.29) is 12.1 Å². The Bertz CT molecular complexity index is 659. The predicted molar refractivity (Wildman–Crippen MR) is 83.6 cm³/mol. The predicted octanol–water partition coefficient (Wildman–Crippen LogP) is 2.86. The van der Waals surface area contributed by atoms with E-state index >= 15 is 0 Å². The molecule has 1 aliphatic carbocycles. The van der Waals surface area contributed by atoms with Crippen LogP contribution in [0.5, 0.6) is 0 Å². The Labute approximate surface area is 131 Å². The van der Waals surface area contributed by atoms with Gasteiger partial charge in [-0.15, -0.1) is 11.3 Å². The molecule has 0 bridgehead atoms. The lowest BCUT2D eigenvalue weighted by atomic mass is 10.1. The molecule has 1 aromatic carbocycles. The standard InChI is InChI=1S/C15H15ClN2O2S/c16-13-6-5-10(21-13)8-17-15(20)18-14-11-4-2-1-3-9(11)7-12(14)19/h1-6,12,14,19H,7-8H2,(H2,17,18,20)/t12-,14+/m1/s1. The van der Waals surface area contributed by atoms with E-state index in [9.17, 15) is 9.90 Å². The maximum absolute atomic E-state index is 12.0. The monoisotopic (exact) mass is 322 g/mol. The average Bonchev–Trinajstić information content (AvgIpc) is 3.01. The third-order valence-electron chi connectivity index (χ3n) is 3.54. The zero-order valence-corrected chi connectivity index (χ0v) is 12.7. The molecule has 1 heterocycles. The number of hydrogen-bond acceptors (Lipinski definition) is 3. The molecule has 3 N–H and O–H groups in total. The van der Waals surface area contributed by atoms with Crippen LogP contribution in [-0.2, 0) is 13.0 Å². The van der Waals surface area contributed by atoms with Crippen LogP contribution < -0.4 is 10.6 Å². The number of amides is 2. The van der Waals surface area contributed by atoms with Crippen molar-refractivity contribution in [2.75, 3.05) is 0 Å². The summed E-state index contributed by atoms with van der Waals surface area (Å²) in [6.45, 7) is 0.424. The van der Waals surface area contributed by atoms with Crippen molar-refractivity contribution < 1.29 is 9.90 Å². The molecule has 1 aliphatic rings. The Morgan fingerprint density at radius 2 is 2.14 bits per heavy atom. The maximum Gasteiger partial charge on any atom is 0.315 e. The molecular formula is C15H15ClN2O2S. The third-order valence-corrected chi connectivity index (χ3v) is 4.77. The van der Waals surface area contributed by atoms with Gasteiger partial charge in [-0.3, -0.25) is 0 Å². The molecule has 2 amide bonds. The highest BCUT2D eigenvalue weighted by Crippen LogP contribution is 2.31. The molecule has 0 spiro atoms. The van der Waals surface area contributed by atoms with Gasteiger partial charge in [0.1, 0.15) is 0 Å². The molecule has 0 saturated heterocycles. The highest BCUT2D eigenvalue weighted by Gasteiger charge is 2.31. The van der Waals surface area contributed by atoms with Gasteiger partial charge in [0, 0.05) is 11.3 Å². The summed E-state index contributed by atoms with van der Waals surface area (Å²) in [6.07, 6.45) is -0.00824. The van der Waals surface area contributed by atoms with E-state index in [0.717, 1.165) is 16.0 Å². The minimum absolute atomic E-state index is 0.291. The lowest BCUT2D eigenvalue weighted by Crippen LogP contribution is -2.40. The van der Waals surface area contributed by atoms with Crippen LogP contribution in [0.3, 0.4) is 0 Å². The lowest BCUT2D eigenvalue weighted by molar-refractivity contribution is 0.142. The third kappa shape index (κ3) is 3.20. The smallest absolute Gasteiger partial charge is 0.315 e. The number of benzene rings is 1. The number of aliphatic hydroxyl groups excluding tert-OH is 1. The number of urea groups is 1. The van der Waals surface area contributed by atoms with Crippen molar-refractivity contribution in [2.45, 2.75) is 25.1 Å². The van der Waals surface area contributed by atoms with Gasteiger partial charge in [0.2, 0.25) is 0 Å². The zero-order valence-electron chi connectivity index (χ0n) is 11.2. The Balaban J connectivity index is 1.60. The molecule has 0 aliphatic heterocycles. The van der Waals surface area contributed by atoms with Crippen LogP contribution in [0.1, 0.15) is 22.0 Å². The van der Waals surface area contributed by atoms with Gasteiger partial charge in [-0.25, -0.2) is 4.79 Å². The van der Waals surface area contributed by atoms with Crippen molar-refractivity contribution in [3.05, 3.63) is 56.7 Å². The first-order valence-electron chi connectivity index (χ1n) is 6.68. The normalized spacial score (nSPS) is 20.1. The second-order valence-electron chi connectivity index (χ2n) is 4.98. The molecule has 6 heteroatoms. The van der Waals surface area contributed by atoms with E-state index in [1.165, 1.54) is 11.3 Å². The van der Waals surface area contributed by atoms with E-state index in [4.69, 9.17) is 11.6 Å². The van der Waals surface area contributed by atoms with Gasteiger partial charge in [0.25, 0.3) is 0 Å². The number of nitrogens with one attached hydrogen (secondary N) is 2. The minimum atomic E-state index is -0.579. The largest absolute Gasteiger partial charge is 0.390 e. The van der Waals surface area contributed by atoms with Gasteiger partial charge in [-0.05, 0) is 23.3 Å². The highest BCUT2D eigenvalue weighted by molar-refractivity contribution is 7.16. The number of carbonyl (C=O) groups excluding carboxylic acids is 1. The summed E-state index contributed by atoms with van der Waals surface area (Å²) in [7, 11) is 0. The van der Waals surface area contributed by atoms with Gasteiger partial charge in [-0.2, -0.15) is 0 Å². The van der Waals surface area contributed by atoms with Crippen molar-refractivity contribution >= 4 is 29.0 Å². The first-order chi connectivity index (χ1) is 10.1. The fourth-order valence-electron chi connectivity index (χ4n) is 2.55. The first-order valence-corrected chi connectivity index (χ1v) is 7.87. The molecular weight excluding hydrogens is 308 g/mol. The van der Waals surface area contributed by atoms with Gasteiger partial charge in [-0.1, -0.05) is 35.9 Å².